The van der Waals surface area contributed by atoms with Crippen molar-refractivity contribution in [1.29, 1.82) is 0 Å². The second-order valence-electron chi connectivity index (χ2n) is 2.86. The predicted molar refractivity (Wildman–Crippen MR) is 49.3 cm³/mol. The molecule has 1 aliphatic carbocycles. The van der Waals surface area contributed by atoms with Gasteiger partial charge in [-0.25, -0.2) is 8.42 Å². The summed E-state index contributed by atoms with van der Waals surface area (Å²) in [6, 6.07) is 0. The van der Waals surface area contributed by atoms with Crippen molar-refractivity contribution in [2.75, 3.05) is 0 Å². The fourth-order valence-electron chi connectivity index (χ4n) is 1.50. The van der Waals surface area contributed by atoms with Crippen LogP contribution < -0.4 is 0 Å². The zero-order valence-electron chi connectivity index (χ0n) is 6.66. The van der Waals surface area contributed by atoms with Gasteiger partial charge in [-0.15, -0.1) is 0 Å². The highest BCUT2D eigenvalue weighted by molar-refractivity contribution is 8.16. The van der Waals surface area contributed by atoms with Crippen LogP contribution in [0, 0.1) is 0 Å². The summed E-state index contributed by atoms with van der Waals surface area (Å²) < 4.78 is 27.1. The maximum atomic E-state index is 11.1. The maximum absolute atomic E-state index is 11.1. The molecule has 0 bridgehead atoms. The van der Waals surface area contributed by atoms with E-state index in [0.717, 1.165) is 5.57 Å². The van der Waals surface area contributed by atoms with Gasteiger partial charge in [0.15, 0.2) is 0 Å². The Balaban J connectivity index is 2.56. The molecule has 2 aliphatic rings. The lowest BCUT2D eigenvalue weighted by Gasteiger charge is -2.05. The van der Waals surface area contributed by atoms with Gasteiger partial charge in [0.25, 0.3) is 9.05 Å². The van der Waals surface area contributed by atoms with Gasteiger partial charge in [-0.05, 0) is 30.1 Å². The molecule has 0 aromatic carbocycles. The lowest BCUT2D eigenvalue weighted by Crippen LogP contribution is -1.95. The summed E-state index contributed by atoms with van der Waals surface area (Å²) in [5.74, 6) is 0. The van der Waals surface area contributed by atoms with Gasteiger partial charge in [0.05, 0.1) is 17.4 Å². The van der Waals surface area contributed by atoms with E-state index < -0.39 is 9.05 Å². The second kappa shape index (κ2) is 2.89. The molecule has 13 heavy (non-hydrogen) atoms. The first-order valence-corrected chi connectivity index (χ1v) is 6.09. The van der Waals surface area contributed by atoms with Crippen LogP contribution in [0.2, 0.25) is 0 Å². The van der Waals surface area contributed by atoms with Gasteiger partial charge in [0.1, 0.15) is 0 Å². The molecule has 1 aliphatic heterocycles. The Morgan fingerprint density at radius 3 is 2.85 bits per heavy atom. The van der Waals surface area contributed by atoms with Crippen molar-refractivity contribution in [3.8, 4) is 0 Å². The molecule has 0 radical (unpaired) electrons. The molecule has 0 N–H and O–H groups in total. The molecule has 2 rings (SSSR count). The van der Waals surface area contributed by atoms with E-state index in [-0.39, 0.29) is 0 Å². The predicted octanol–water partition coefficient (Wildman–Crippen LogP) is 2.03. The molecule has 0 spiro atoms. The van der Waals surface area contributed by atoms with Crippen LogP contribution in [0.25, 0.3) is 0 Å². The molecule has 0 unspecified atom stereocenters. The highest BCUT2D eigenvalue weighted by Crippen LogP contribution is 2.38. The molecule has 0 saturated carbocycles. The van der Waals surface area contributed by atoms with Crippen molar-refractivity contribution in [2.24, 2.45) is 0 Å². The van der Waals surface area contributed by atoms with Gasteiger partial charge in [-0.2, -0.15) is 0 Å². The molecule has 0 aromatic heterocycles. The summed E-state index contributed by atoms with van der Waals surface area (Å²) >= 11 is 0. The number of hydrogen-bond acceptors (Lipinski definition) is 3. The summed E-state index contributed by atoms with van der Waals surface area (Å²) in [4.78, 5) is 0.306. The fourth-order valence-corrected chi connectivity index (χ4v) is 2.79. The van der Waals surface area contributed by atoms with Crippen molar-refractivity contribution in [1.82, 2.24) is 0 Å². The van der Waals surface area contributed by atoms with Crippen molar-refractivity contribution in [2.45, 2.75) is 12.8 Å². The average Bonchev–Trinajstić information content (AvgIpc) is 2.45. The summed E-state index contributed by atoms with van der Waals surface area (Å²) in [6.45, 7) is 0. The second-order valence-corrected chi connectivity index (χ2v) is 5.44. The zero-order valence-corrected chi connectivity index (χ0v) is 8.23. The van der Waals surface area contributed by atoms with E-state index in [9.17, 15) is 8.42 Å². The summed E-state index contributed by atoms with van der Waals surface area (Å²) in [5.41, 5.74) is 1.60. The number of rotatable bonds is 1. The molecule has 70 valence electrons. The van der Waals surface area contributed by atoms with Crippen LogP contribution in [0.15, 0.2) is 34.7 Å². The first kappa shape index (κ1) is 8.84. The van der Waals surface area contributed by atoms with Gasteiger partial charge in [0.2, 0.25) is 0 Å². The number of ether oxygens (including phenoxy) is 1. The Hall–Kier alpha value is -0.740. The Bertz CT molecular complexity index is 428. The molecular formula is C8H7ClO3S. The highest BCUT2D eigenvalue weighted by atomic mass is 35.7. The first-order valence-electron chi connectivity index (χ1n) is 3.78. The number of halogens is 1. The Morgan fingerprint density at radius 2 is 2.15 bits per heavy atom. The molecular weight excluding hydrogens is 212 g/mol. The Labute approximate surface area is 80.8 Å². The monoisotopic (exact) mass is 218 g/mol. The molecule has 0 fully saturated rings. The van der Waals surface area contributed by atoms with Crippen molar-refractivity contribution in [3.63, 3.8) is 0 Å². The Kier molecular flexibility index (Phi) is 1.96. The average molecular weight is 219 g/mol. The third-order valence-electron chi connectivity index (χ3n) is 2.09. The normalized spacial score (nSPS) is 21.2. The van der Waals surface area contributed by atoms with E-state index in [2.05, 4.69) is 0 Å². The topological polar surface area (TPSA) is 43.4 Å². The lowest BCUT2D eigenvalue weighted by molar-refractivity contribution is 0.393. The van der Waals surface area contributed by atoms with E-state index in [0.29, 0.717) is 23.3 Å². The van der Waals surface area contributed by atoms with E-state index in [1.165, 1.54) is 6.26 Å². The largest absolute Gasteiger partial charge is 0.472 e. The number of allylic oxidation sites excluding steroid dienone is 4. The lowest BCUT2D eigenvalue weighted by atomic mass is 10.1. The molecule has 1 heterocycles. The summed E-state index contributed by atoms with van der Waals surface area (Å²) in [5, 5.41) is 0. The minimum Gasteiger partial charge on any atom is -0.472 e. The van der Waals surface area contributed by atoms with Gasteiger partial charge >= 0.3 is 0 Å². The zero-order chi connectivity index (χ0) is 9.47. The molecule has 0 aromatic rings. The molecule has 0 atom stereocenters. The Morgan fingerprint density at radius 1 is 1.38 bits per heavy atom. The van der Waals surface area contributed by atoms with Crippen molar-refractivity contribution >= 4 is 19.7 Å². The molecule has 5 heteroatoms. The minimum atomic E-state index is -3.57. The van der Waals surface area contributed by atoms with Crippen LogP contribution in [0.3, 0.4) is 0 Å². The van der Waals surface area contributed by atoms with E-state index in [1.54, 1.807) is 12.3 Å². The first-order chi connectivity index (χ1) is 6.09. The van der Waals surface area contributed by atoms with Crippen LogP contribution in [0.1, 0.15) is 12.8 Å². The van der Waals surface area contributed by atoms with Gasteiger partial charge in [0, 0.05) is 10.7 Å². The van der Waals surface area contributed by atoms with Crippen LogP contribution >= 0.6 is 10.7 Å². The molecule has 0 saturated heterocycles. The van der Waals surface area contributed by atoms with Crippen molar-refractivity contribution in [3.05, 3.63) is 34.7 Å². The van der Waals surface area contributed by atoms with Crippen LogP contribution in [0.5, 0.6) is 0 Å². The molecule has 3 nitrogen and oxygen atoms in total. The quantitative estimate of drug-likeness (QED) is 0.633. The summed E-state index contributed by atoms with van der Waals surface area (Å²) in [6.07, 6.45) is 5.80. The smallest absolute Gasteiger partial charge is 0.258 e. The van der Waals surface area contributed by atoms with Gasteiger partial charge in [-0.3, -0.25) is 0 Å². The fraction of sp³-hybridized carbons (Fsp3) is 0.250. The minimum absolute atomic E-state index is 0.306. The number of hydrogen-bond donors (Lipinski definition) is 0. The van der Waals surface area contributed by atoms with E-state index >= 15 is 0 Å². The van der Waals surface area contributed by atoms with Crippen LogP contribution in [0.4, 0.5) is 0 Å². The van der Waals surface area contributed by atoms with Crippen molar-refractivity contribution < 1.29 is 13.2 Å². The van der Waals surface area contributed by atoms with E-state index in [1.807, 2.05) is 0 Å². The van der Waals surface area contributed by atoms with Gasteiger partial charge < -0.3 is 4.74 Å². The summed E-state index contributed by atoms with van der Waals surface area (Å²) in [7, 11) is 1.70. The molecule has 0 amide bonds. The van der Waals surface area contributed by atoms with Crippen LogP contribution in [-0.4, -0.2) is 8.42 Å². The third-order valence-corrected chi connectivity index (χ3v) is 3.66. The standard InChI is InChI=1S/C8H7ClO3S/c9-13(10,11)8-2-1-6-5-12-4-3-7(6)8/h3-5H,1-2H2. The number of fused-ring (bicyclic) bond motifs is 1. The van der Waals surface area contributed by atoms with E-state index in [4.69, 9.17) is 15.4 Å². The maximum Gasteiger partial charge on any atom is 0.258 e. The SMILES string of the molecule is O=S(=O)(Cl)C1=C2C=COC=C2CC1. The third kappa shape index (κ3) is 1.51. The van der Waals surface area contributed by atoms with Gasteiger partial charge in [-0.1, -0.05) is 0 Å². The van der Waals surface area contributed by atoms with Crippen LogP contribution in [-0.2, 0) is 13.8 Å². The highest BCUT2D eigenvalue weighted by Gasteiger charge is 2.27.